The first-order valence-corrected chi connectivity index (χ1v) is 3.92. The second-order valence-electron chi connectivity index (χ2n) is 2.71. The summed E-state index contributed by atoms with van der Waals surface area (Å²) >= 11 is 0. The Morgan fingerprint density at radius 3 is 2.77 bits per heavy atom. The van der Waals surface area contributed by atoms with E-state index >= 15 is 0 Å². The minimum absolute atomic E-state index is 0.317. The Bertz CT molecular complexity index is 363. The zero-order valence-corrected chi connectivity index (χ0v) is 7.50. The highest BCUT2D eigenvalue weighted by Gasteiger charge is 1.97. The fourth-order valence-corrected chi connectivity index (χ4v) is 0.792. The van der Waals surface area contributed by atoms with Gasteiger partial charge in [-0.05, 0) is 31.9 Å². The normalized spacial score (nSPS) is 11.7. The van der Waals surface area contributed by atoms with Gasteiger partial charge in [0, 0.05) is 0 Å². The van der Waals surface area contributed by atoms with Crippen molar-refractivity contribution >= 4 is 0 Å². The zero-order valence-electron chi connectivity index (χ0n) is 7.50. The molecule has 2 nitrogen and oxygen atoms in total. The van der Waals surface area contributed by atoms with Crippen LogP contribution < -0.4 is 0 Å². The summed E-state index contributed by atoms with van der Waals surface area (Å²) in [5, 5.41) is 8.86. The SMILES string of the molecule is Cc1nc(C#CC(C)O)ccc1F. The standard InChI is InChI=1S/C10H10FNO/c1-7(13)3-4-9-5-6-10(11)8(2)12-9/h5-7,13H,1-2H3. The molecule has 1 rings (SSSR count). The summed E-state index contributed by atoms with van der Waals surface area (Å²) in [5.74, 6) is 4.82. The van der Waals surface area contributed by atoms with Crippen LogP contribution in [0.1, 0.15) is 18.3 Å². The summed E-state index contributed by atoms with van der Waals surface area (Å²) in [6, 6.07) is 2.80. The lowest BCUT2D eigenvalue weighted by Crippen LogP contribution is -1.95. The second-order valence-corrected chi connectivity index (χ2v) is 2.71. The Labute approximate surface area is 76.4 Å². The smallest absolute Gasteiger partial charge is 0.144 e. The molecule has 1 N–H and O–H groups in total. The van der Waals surface area contributed by atoms with Crippen molar-refractivity contribution in [1.82, 2.24) is 4.98 Å². The van der Waals surface area contributed by atoms with Gasteiger partial charge in [0.15, 0.2) is 0 Å². The highest BCUT2D eigenvalue weighted by atomic mass is 19.1. The quantitative estimate of drug-likeness (QED) is 0.608. The fourth-order valence-electron chi connectivity index (χ4n) is 0.792. The molecule has 3 heteroatoms. The van der Waals surface area contributed by atoms with Gasteiger partial charge in [-0.3, -0.25) is 0 Å². The Morgan fingerprint density at radius 1 is 1.54 bits per heavy atom. The van der Waals surface area contributed by atoms with E-state index in [1.165, 1.54) is 12.1 Å². The Hall–Kier alpha value is -1.40. The molecule has 0 aliphatic heterocycles. The van der Waals surface area contributed by atoms with Crippen molar-refractivity contribution in [1.29, 1.82) is 0 Å². The molecular weight excluding hydrogens is 169 g/mol. The van der Waals surface area contributed by atoms with E-state index in [2.05, 4.69) is 16.8 Å². The van der Waals surface area contributed by atoms with E-state index in [4.69, 9.17) is 5.11 Å². The summed E-state index contributed by atoms with van der Waals surface area (Å²) in [6.45, 7) is 3.13. The van der Waals surface area contributed by atoms with Crippen molar-refractivity contribution in [3.05, 3.63) is 29.3 Å². The van der Waals surface area contributed by atoms with Gasteiger partial charge in [-0.15, -0.1) is 0 Å². The van der Waals surface area contributed by atoms with Crippen LogP contribution in [-0.4, -0.2) is 16.2 Å². The van der Waals surface area contributed by atoms with E-state index in [1.807, 2.05) is 0 Å². The van der Waals surface area contributed by atoms with E-state index in [0.29, 0.717) is 11.4 Å². The van der Waals surface area contributed by atoms with Gasteiger partial charge < -0.3 is 5.11 Å². The van der Waals surface area contributed by atoms with Gasteiger partial charge in [-0.2, -0.15) is 0 Å². The first kappa shape index (κ1) is 9.69. The molecule has 0 radical (unpaired) electrons. The highest BCUT2D eigenvalue weighted by Crippen LogP contribution is 2.03. The van der Waals surface area contributed by atoms with Gasteiger partial charge in [0.05, 0.1) is 5.69 Å². The molecule has 0 saturated carbocycles. The zero-order chi connectivity index (χ0) is 9.84. The molecular formula is C10H10FNO. The van der Waals surface area contributed by atoms with Crippen LogP contribution >= 0.6 is 0 Å². The third kappa shape index (κ3) is 2.85. The molecule has 1 unspecified atom stereocenters. The number of aliphatic hydroxyl groups is 1. The van der Waals surface area contributed by atoms with Crippen molar-refractivity contribution in [2.24, 2.45) is 0 Å². The summed E-state index contributed by atoms with van der Waals surface area (Å²) < 4.78 is 12.7. The molecule has 13 heavy (non-hydrogen) atoms. The number of hydrogen-bond donors (Lipinski definition) is 1. The molecule has 1 atom stereocenters. The maximum absolute atomic E-state index is 12.7. The van der Waals surface area contributed by atoms with E-state index in [9.17, 15) is 4.39 Å². The second kappa shape index (κ2) is 4.01. The van der Waals surface area contributed by atoms with Crippen LogP contribution in [0.3, 0.4) is 0 Å². The van der Waals surface area contributed by atoms with Gasteiger partial charge in [-0.1, -0.05) is 5.92 Å². The Kier molecular flexibility index (Phi) is 2.99. The van der Waals surface area contributed by atoms with Crippen LogP contribution in [0.15, 0.2) is 12.1 Å². The van der Waals surface area contributed by atoms with Gasteiger partial charge >= 0.3 is 0 Å². The number of hydrogen-bond acceptors (Lipinski definition) is 2. The highest BCUT2D eigenvalue weighted by molar-refractivity contribution is 5.29. The van der Waals surface area contributed by atoms with Crippen molar-refractivity contribution < 1.29 is 9.50 Å². The number of halogens is 1. The number of aryl methyl sites for hydroxylation is 1. The molecule has 0 aliphatic rings. The lowest BCUT2D eigenvalue weighted by Gasteiger charge is -1.95. The summed E-state index contributed by atoms with van der Waals surface area (Å²) in [6.07, 6.45) is -0.688. The van der Waals surface area contributed by atoms with Gasteiger partial charge in [0.2, 0.25) is 0 Å². The molecule has 0 spiro atoms. The van der Waals surface area contributed by atoms with E-state index in [0.717, 1.165) is 0 Å². The number of aromatic nitrogens is 1. The van der Waals surface area contributed by atoms with Crippen LogP contribution in [-0.2, 0) is 0 Å². The molecule has 0 saturated heterocycles. The molecule has 68 valence electrons. The van der Waals surface area contributed by atoms with Crippen LogP contribution in [0, 0.1) is 24.6 Å². The van der Waals surface area contributed by atoms with Gasteiger partial charge in [0.25, 0.3) is 0 Å². The first-order valence-electron chi connectivity index (χ1n) is 3.92. The molecule has 1 aromatic heterocycles. The molecule has 0 fully saturated rings. The maximum Gasteiger partial charge on any atom is 0.144 e. The third-order valence-corrected chi connectivity index (χ3v) is 1.43. The third-order valence-electron chi connectivity index (χ3n) is 1.43. The van der Waals surface area contributed by atoms with Crippen LogP contribution in [0.2, 0.25) is 0 Å². The number of rotatable bonds is 0. The Balaban J connectivity index is 2.94. The topological polar surface area (TPSA) is 33.1 Å². The van der Waals surface area contributed by atoms with Crippen LogP contribution in [0.4, 0.5) is 4.39 Å². The molecule has 0 aliphatic carbocycles. The molecule has 1 aromatic rings. The molecule has 0 bridgehead atoms. The van der Waals surface area contributed by atoms with Crippen molar-refractivity contribution in [2.45, 2.75) is 20.0 Å². The van der Waals surface area contributed by atoms with Gasteiger partial charge in [0.1, 0.15) is 17.6 Å². The number of nitrogens with zero attached hydrogens (tertiary/aromatic N) is 1. The predicted molar refractivity (Wildman–Crippen MR) is 47.5 cm³/mol. The van der Waals surface area contributed by atoms with E-state index in [-0.39, 0.29) is 5.82 Å². The fraction of sp³-hybridized carbons (Fsp3) is 0.300. The molecule has 1 heterocycles. The summed E-state index contributed by atoms with van der Waals surface area (Å²) in [4.78, 5) is 3.88. The minimum atomic E-state index is -0.688. The van der Waals surface area contributed by atoms with Crippen LogP contribution in [0.25, 0.3) is 0 Å². The predicted octanol–water partition coefficient (Wildman–Crippen LogP) is 1.26. The molecule has 0 aromatic carbocycles. The molecule has 0 amide bonds. The van der Waals surface area contributed by atoms with Crippen molar-refractivity contribution in [2.75, 3.05) is 0 Å². The average Bonchev–Trinajstić information content (AvgIpc) is 2.07. The monoisotopic (exact) mass is 179 g/mol. The number of aliphatic hydroxyl groups excluding tert-OH is 1. The van der Waals surface area contributed by atoms with Crippen molar-refractivity contribution in [3.8, 4) is 11.8 Å². The Morgan fingerprint density at radius 2 is 2.23 bits per heavy atom. The van der Waals surface area contributed by atoms with E-state index in [1.54, 1.807) is 13.8 Å². The van der Waals surface area contributed by atoms with E-state index < -0.39 is 6.10 Å². The number of pyridine rings is 1. The average molecular weight is 179 g/mol. The maximum atomic E-state index is 12.7. The lowest BCUT2D eigenvalue weighted by molar-refractivity contribution is 0.253. The minimum Gasteiger partial charge on any atom is -0.381 e. The van der Waals surface area contributed by atoms with Crippen molar-refractivity contribution in [3.63, 3.8) is 0 Å². The van der Waals surface area contributed by atoms with Crippen LogP contribution in [0.5, 0.6) is 0 Å². The summed E-state index contributed by atoms with van der Waals surface area (Å²) in [7, 11) is 0. The summed E-state index contributed by atoms with van der Waals surface area (Å²) in [5.41, 5.74) is 0.789. The largest absolute Gasteiger partial charge is 0.381 e. The first-order chi connectivity index (χ1) is 6.09. The lowest BCUT2D eigenvalue weighted by atomic mass is 10.3. The van der Waals surface area contributed by atoms with Gasteiger partial charge in [-0.25, -0.2) is 9.37 Å².